The van der Waals surface area contributed by atoms with Crippen LogP contribution < -0.4 is 0 Å². The lowest BCUT2D eigenvalue weighted by Gasteiger charge is -2.30. The maximum Gasteiger partial charge on any atom is 0.248 e. The van der Waals surface area contributed by atoms with Gasteiger partial charge in [0, 0.05) is 0 Å². The standard InChI is InChI=1S/C20H34OSi2/c1-16(2)22(6,7)20(19-13-11-10-12-14-19)15-18(5)21-23(8,9)17(3)4/h10-14,16-17H,1-9H3. The van der Waals surface area contributed by atoms with Crippen molar-refractivity contribution in [2.45, 2.75) is 71.9 Å². The Morgan fingerprint density at radius 1 is 0.913 bits per heavy atom. The first-order valence-corrected chi connectivity index (χ1v) is 14.8. The Bertz CT molecular complexity index is 577. The van der Waals surface area contributed by atoms with Crippen molar-refractivity contribution >= 4 is 21.6 Å². The molecule has 0 atom stereocenters. The third-order valence-corrected chi connectivity index (χ3v) is 13.5. The monoisotopic (exact) mass is 346 g/mol. The van der Waals surface area contributed by atoms with Crippen LogP contribution >= 0.6 is 0 Å². The molecule has 3 heteroatoms. The SMILES string of the molecule is CC(=C=C(c1ccccc1)[Si](C)(C)C(C)C)O[Si](C)(C)C(C)C. The van der Waals surface area contributed by atoms with Crippen molar-refractivity contribution in [2.75, 3.05) is 0 Å². The fraction of sp³-hybridized carbons (Fsp3) is 0.550. The van der Waals surface area contributed by atoms with Gasteiger partial charge in [-0.3, -0.25) is 0 Å². The van der Waals surface area contributed by atoms with Crippen LogP contribution in [-0.2, 0) is 4.43 Å². The van der Waals surface area contributed by atoms with Gasteiger partial charge in [-0.05, 0) is 41.9 Å². The van der Waals surface area contributed by atoms with E-state index in [-0.39, 0.29) is 0 Å². The van der Waals surface area contributed by atoms with Crippen LogP contribution in [0, 0.1) is 0 Å². The second-order valence-corrected chi connectivity index (χ2v) is 17.8. The van der Waals surface area contributed by atoms with E-state index in [1.807, 2.05) is 0 Å². The molecule has 0 amide bonds. The average molecular weight is 347 g/mol. The van der Waals surface area contributed by atoms with E-state index < -0.39 is 16.4 Å². The van der Waals surface area contributed by atoms with Crippen LogP contribution in [0.1, 0.15) is 40.2 Å². The Kier molecular flexibility index (Phi) is 6.70. The quantitative estimate of drug-likeness (QED) is 0.310. The molecule has 1 nitrogen and oxygen atoms in total. The minimum atomic E-state index is -1.70. The van der Waals surface area contributed by atoms with E-state index in [2.05, 4.69) is 96.9 Å². The van der Waals surface area contributed by atoms with Crippen LogP contribution in [0.4, 0.5) is 0 Å². The number of hydrogen-bond donors (Lipinski definition) is 0. The molecular weight excluding hydrogens is 312 g/mol. The zero-order valence-electron chi connectivity index (χ0n) is 16.4. The number of allylic oxidation sites excluding steroid dienone is 1. The summed E-state index contributed by atoms with van der Waals surface area (Å²) in [5, 5.41) is 1.37. The molecular formula is C20H34OSi2. The molecule has 0 aliphatic carbocycles. The Hall–Kier alpha value is -1.03. The maximum absolute atomic E-state index is 6.37. The molecule has 0 radical (unpaired) electrons. The molecule has 0 bridgehead atoms. The van der Waals surface area contributed by atoms with Crippen molar-refractivity contribution in [1.82, 2.24) is 0 Å². The van der Waals surface area contributed by atoms with Gasteiger partial charge in [-0.1, -0.05) is 76.9 Å². The summed E-state index contributed by atoms with van der Waals surface area (Å²) in [6.45, 7) is 20.7. The summed E-state index contributed by atoms with van der Waals surface area (Å²) in [6.07, 6.45) is 0. The highest BCUT2D eigenvalue weighted by Gasteiger charge is 2.32. The van der Waals surface area contributed by atoms with Crippen LogP contribution in [0.25, 0.3) is 5.20 Å². The fourth-order valence-corrected chi connectivity index (χ4v) is 5.27. The smallest absolute Gasteiger partial charge is 0.248 e. The normalized spacial score (nSPS) is 12.3. The maximum atomic E-state index is 6.37. The first-order valence-electron chi connectivity index (χ1n) is 8.71. The summed E-state index contributed by atoms with van der Waals surface area (Å²) in [4.78, 5) is 0. The van der Waals surface area contributed by atoms with Crippen LogP contribution in [0.15, 0.2) is 41.8 Å². The summed E-state index contributed by atoms with van der Waals surface area (Å²) in [7, 11) is -3.29. The second-order valence-electron chi connectivity index (χ2n) is 8.16. The Balaban J connectivity index is 3.43. The highest BCUT2D eigenvalue weighted by Crippen LogP contribution is 2.34. The van der Waals surface area contributed by atoms with E-state index in [0.29, 0.717) is 11.1 Å². The molecule has 23 heavy (non-hydrogen) atoms. The Morgan fingerprint density at radius 3 is 1.87 bits per heavy atom. The molecule has 0 aliphatic heterocycles. The molecule has 1 aromatic rings. The van der Waals surface area contributed by atoms with Crippen LogP contribution in [0.2, 0.25) is 37.3 Å². The molecule has 128 valence electrons. The van der Waals surface area contributed by atoms with Crippen LogP contribution in [0.5, 0.6) is 0 Å². The van der Waals surface area contributed by atoms with Crippen molar-refractivity contribution in [1.29, 1.82) is 0 Å². The zero-order chi connectivity index (χ0) is 17.8. The average Bonchev–Trinajstić information content (AvgIpc) is 2.44. The van der Waals surface area contributed by atoms with Crippen molar-refractivity contribution < 1.29 is 4.43 Å². The lowest BCUT2D eigenvalue weighted by molar-refractivity contribution is 0.410. The van der Waals surface area contributed by atoms with E-state index in [1.54, 1.807) is 0 Å². The van der Waals surface area contributed by atoms with Crippen LogP contribution in [0.3, 0.4) is 0 Å². The van der Waals surface area contributed by atoms with Gasteiger partial charge in [-0.2, -0.15) is 0 Å². The third-order valence-electron chi connectivity index (χ3n) is 5.26. The molecule has 1 rings (SSSR count). The predicted molar refractivity (Wildman–Crippen MR) is 109 cm³/mol. The molecule has 0 unspecified atom stereocenters. The Morgan fingerprint density at radius 2 is 1.43 bits per heavy atom. The molecule has 0 aliphatic rings. The van der Waals surface area contributed by atoms with Gasteiger partial charge < -0.3 is 4.43 Å². The first kappa shape index (κ1) is 20.0. The summed E-state index contributed by atoms with van der Waals surface area (Å²) in [5.41, 5.74) is 6.22. The van der Waals surface area contributed by atoms with Crippen molar-refractivity contribution in [2.24, 2.45) is 0 Å². The lowest BCUT2D eigenvalue weighted by Crippen LogP contribution is -2.34. The highest BCUT2D eigenvalue weighted by molar-refractivity contribution is 6.95. The molecule has 1 aromatic carbocycles. The van der Waals surface area contributed by atoms with E-state index in [0.717, 1.165) is 5.76 Å². The van der Waals surface area contributed by atoms with Gasteiger partial charge in [0.1, 0.15) is 5.76 Å². The lowest BCUT2D eigenvalue weighted by atomic mass is 10.2. The second kappa shape index (κ2) is 7.70. The summed E-state index contributed by atoms with van der Waals surface area (Å²) < 4.78 is 6.37. The third kappa shape index (κ3) is 5.24. The van der Waals surface area contributed by atoms with Gasteiger partial charge in [0.05, 0.1) is 8.07 Å². The molecule has 0 N–H and O–H groups in total. The highest BCUT2D eigenvalue weighted by atomic mass is 28.4. The molecule has 0 heterocycles. The molecule has 0 fully saturated rings. The van der Waals surface area contributed by atoms with Crippen LogP contribution in [-0.4, -0.2) is 16.4 Å². The molecule has 0 spiro atoms. The van der Waals surface area contributed by atoms with E-state index >= 15 is 0 Å². The van der Waals surface area contributed by atoms with E-state index in [9.17, 15) is 0 Å². The predicted octanol–water partition coefficient (Wildman–Crippen LogP) is 6.86. The van der Waals surface area contributed by atoms with Crippen molar-refractivity contribution in [3.05, 3.63) is 47.4 Å². The minimum Gasteiger partial charge on any atom is -0.541 e. The molecule has 0 saturated carbocycles. The zero-order valence-corrected chi connectivity index (χ0v) is 18.4. The van der Waals surface area contributed by atoms with E-state index in [1.165, 1.54) is 10.8 Å². The Labute approximate surface area is 145 Å². The minimum absolute atomic E-state index is 0.592. The molecule has 0 aromatic heterocycles. The van der Waals surface area contributed by atoms with Gasteiger partial charge in [0.2, 0.25) is 8.32 Å². The summed E-state index contributed by atoms with van der Waals surface area (Å²) in [6, 6.07) is 10.7. The topological polar surface area (TPSA) is 9.23 Å². The number of hydrogen-bond acceptors (Lipinski definition) is 1. The van der Waals surface area contributed by atoms with Gasteiger partial charge >= 0.3 is 0 Å². The van der Waals surface area contributed by atoms with E-state index in [4.69, 9.17) is 4.43 Å². The van der Waals surface area contributed by atoms with Gasteiger partial charge in [-0.15, -0.1) is 0 Å². The fourth-order valence-electron chi connectivity index (χ4n) is 2.21. The summed E-state index contributed by atoms with van der Waals surface area (Å²) in [5.74, 6) is 0.954. The van der Waals surface area contributed by atoms with Crippen molar-refractivity contribution in [3.63, 3.8) is 0 Å². The van der Waals surface area contributed by atoms with Gasteiger partial charge in [-0.25, -0.2) is 0 Å². The number of rotatable bonds is 6. The van der Waals surface area contributed by atoms with Gasteiger partial charge in [0.15, 0.2) is 0 Å². The van der Waals surface area contributed by atoms with Gasteiger partial charge in [0.25, 0.3) is 0 Å². The number of benzene rings is 1. The van der Waals surface area contributed by atoms with Crippen molar-refractivity contribution in [3.8, 4) is 0 Å². The summed E-state index contributed by atoms with van der Waals surface area (Å²) >= 11 is 0. The molecule has 0 saturated heterocycles. The largest absolute Gasteiger partial charge is 0.541 e. The first-order chi connectivity index (χ1) is 10.5.